The zero-order valence-corrected chi connectivity index (χ0v) is 14.1. The minimum atomic E-state index is 0.0763. The molecule has 1 aliphatic carbocycles. The third-order valence-corrected chi connectivity index (χ3v) is 5.32. The van der Waals surface area contributed by atoms with Gasteiger partial charge in [-0.15, -0.1) is 0 Å². The molecule has 1 heterocycles. The molecule has 0 radical (unpaired) electrons. The second-order valence-electron chi connectivity index (χ2n) is 6.48. The predicted molar refractivity (Wildman–Crippen MR) is 91.1 cm³/mol. The third kappa shape index (κ3) is 1.91. The Labute approximate surface area is 141 Å². The van der Waals surface area contributed by atoms with Crippen LogP contribution in [0.4, 0.5) is 0 Å². The second-order valence-corrected chi connectivity index (χ2v) is 6.48. The normalized spacial score (nSPS) is 18.7. The SMILES string of the molecule is COc1ccc2c(c1O)-c1c(O)c(OC)cc3c1C(C2)N(C)CC3. The summed E-state index contributed by atoms with van der Waals surface area (Å²) in [5, 5.41) is 21.5. The molecule has 0 saturated carbocycles. The Balaban J connectivity index is 2.10. The first kappa shape index (κ1) is 15.1. The van der Waals surface area contributed by atoms with E-state index in [9.17, 15) is 10.2 Å². The van der Waals surface area contributed by atoms with E-state index < -0.39 is 0 Å². The molecule has 4 rings (SSSR count). The van der Waals surface area contributed by atoms with Gasteiger partial charge in [-0.1, -0.05) is 6.07 Å². The minimum Gasteiger partial charge on any atom is -0.504 e. The molecule has 2 aromatic carbocycles. The Hall–Kier alpha value is -2.40. The van der Waals surface area contributed by atoms with Crippen LogP contribution in [0.2, 0.25) is 0 Å². The fourth-order valence-electron chi connectivity index (χ4n) is 4.08. The van der Waals surface area contributed by atoms with Crippen molar-refractivity contribution in [1.82, 2.24) is 4.90 Å². The van der Waals surface area contributed by atoms with E-state index in [2.05, 4.69) is 11.9 Å². The molecule has 2 aromatic rings. The molecule has 24 heavy (non-hydrogen) atoms. The summed E-state index contributed by atoms with van der Waals surface area (Å²) < 4.78 is 10.6. The Morgan fingerprint density at radius 3 is 2.42 bits per heavy atom. The molecule has 0 aromatic heterocycles. The first-order valence-electron chi connectivity index (χ1n) is 8.09. The van der Waals surface area contributed by atoms with Gasteiger partial charge in [-0.2, -0.15) is 0 Å². The van der Waals surface area contributed by atoms with Crippen LogP contribution in [0, 0.1) is 0 Å². The summed E-state index contributed by atoms with van der Waals surface area (Å²) in [5.41, 5.74) is 4.62. The van der Waals surface area contributed by atoms with Gasteiger partial charge in [0.25, 0.3) is 0 Å². The maximum Gasteiger partial charge on any atom is 0.166 e. The highest BCUT2D eigenvalue weighted by Gasteiger charge is 2.37. The van der Waals surface area contributed by atoms with E-state index in [4.69, 9.17) is 9.47 Å². The molecule has 126 valence electrons. The van der Waals surface area contributed by atoms with Crippen molar-refractivity contribution in [2.45, 2.75) is 18.9 Å². The van der Waals surface area contributed by atoms with Gasteiger partial charge in [0, 0.05) is 23.7 Å². The van der Waals surface area contributed by atoms with Crippen LogP contribution in [0.15, 0.2) is 18.2 Å². The van der Waals surface area contributed by atoms with Crippen LogP contribution in [0.25, 0.3) is 11.1 Å². The van der Waals surface area contributed by atoms with Crippen LogP contribution in [-0.2, 0) is 12.8 Å². The molecule has 0 saturated heterocycles. The number of ether oxygens (including phenoxy) is 2. The van der Waals surface area contributed by atoms with Crippen molar-refractivity contribution in [1.29, 1.82) is 0 Å². The molecule has 0 spiro atoms. The number of methoxy groups -OCH3 is 2. The fraction of sp³-hybridized carbons (Fsp3) is 0.368. The minimum absolute atomic E-state index is 0.0763. The summed E-state index contributed by atoms with van der Waals surface area (Å²) in [6.07, 6.45) is 1.70. The monoisotopic (exact) mass is 327 g/mol. The van der Waals surface area contributed by atoms with Gasteiger partial charge in [0.05, 0.1) is 14.2 Å². The number of phenolic OH excluding ortho intramolecular Hbond substituents is 2. The van der Waals surface area contributed by atoms with Gasteiger partial charge >= 0.3 is 0 Å². The van der Waals surface area contributed by atoms with Crippen molar-refractivity contribution in [3.63, 3.8) is 0 Å². The molecule has 2 aliphatic rings. The van der Waals surface area contributed by atoms with Crippen molar-refractivity contribution in [3.8, 4) is 34.1 Å². The summed E-state index contributed by atoms with van der Waals surface area (Å²) in [4.78, 5) is 2.31. The van der Waals surface area contributed by atoms with Crippen LogP contribution in [0.5, 0.6) is 23.0 Å². The Morgan fingerprint density at radius 2 is 1.71 bits per heavy atom. The number of phenols is 2. The van der Waals surface area contributed by atoms with Crippen molar-refractivity contribution in [3.05, 3.63) is 34.9 Å². The van der Waals surface area contributed by atoms with Crippen molar-refractivity contribution >= 4 is 0 Å². The maximum absolute atomic E-state index is 10.8. The van der Waals surface area contributed by atoms with E-state index in [0.717, 1.165) is 30.5 Å². The third-order valence-electron chi connectivity index (χ3n) is 5.32. The van der Waals surface area contributed by atoms with Gasteiger partial charge in [0.1, 0.15) is 0 Å². The van der Waals surface area contributed by atoms with E-state index in [1.165, 1.54) is 12.7 Å². The highest BCUT2D eigenvalue weighted by Crippen LogP contribution is 2.55. The van der Waals surface area contributed by atoms with Crippen LogP contribution >= 0.6 is 0 Å². The molecule has 1 unspecified atom stereocenters. The summed E-state index contributed by atoms with van der Waals surface area (Å²) in [6.45, 7) is 0.961. The summed E-state index contributed by atoms with van der Waals surface area (Å²) in [6, 6.07) is 5.87. The van der Waals surface area contributed by atoms with Crippen LogP contribution in [0.1, 0.15) is 22.7 Å². The Morgan fingerprint density at radius 1 is 1.00 bits per heavy atom. The largest absolute Gasteiger partial charge is 0.504 e. The molecule has 1 aliphatic heterocycles. The highest BCUT2D eigenvalue weighted by molar-refractivity contribution is 5.88. The summed E-state index contributed by atoms with van der Waals surface area (Å²) in [5.74, 6) is 1.02. The number of aromatic hydroxyl groups is 2. The highest BCUT2D eigenvalue weighted by atomic mass is 16.5. The fourth-order valence-corrected chi connectivity index (χ4v) is 4.08. The predicted octanol–water partition coefficient (Wildman–Crippen LogP) is 2.87. The molecule has 0 amide bonds. The zero-order valence-electron chi connectivity index (χ0n) is 14.1. The average Bonchev–Trinajstić information content (AvgIpc) is 2.59. The van der Waals surface area contributed by atoms with Gasteiger partial charge in [0.15, 0.2) is 23.0 Å². The van der Waals surface area contributed by atoms with Crippen molar-refractivity contribution in [2.24, 2.45) is 0 Å². The lowest BCUT2D eigenvalue weighted by molar-refractivity contribution is 0.226. The van der Waals surface area contributed by atoms with Crippen LogP contribution in [0.3, 0.4) is 0 Å². The summed E-state index contributed by atoms with van der Waals surface area (Å²) in [7, 11) is 5.19. The van der Waals surface area contributed by atoms with Gasteiger partial charge in [0.2, 0.25) is 0 Å². The number of fused-ring (bicyclic) bond motifs is 2. The molecule has 2 N–H and O–H groups in total. The molecule has 1 atom stereocenters. The first-order valence-corrected chi connectivity index (χ1v) is 8.09. The number of benzene rings is 2. The van der Waals surface area contributed by atoms with Crippen LogP contribution in [-0.4, -0.2) is 42.9 Å². The lowest BCUT2D eigenvalue weighted by Crippen LogP contribution is -2.35. The average molecular weight is 327 g/mol. The number of hydrogen-bond donors (Lipinski definition) is 2. The van der Waals surface area contributed by atoms with Gasteiger partial charge in [-0.05, 0) is 48.7 Å². The van der Waals surface area contributed by atoms with Gasteiger partial charge in [-0.25, -0.2) is 0 Å². The lowest BCUT2D eigenvalue weighted by Gasteiger charge is -2.40. The van der Waals surface area contributed by atoms with Gasteiger partial charge < -0.3 is 19.7 Å². The van der Waals surface area contributed by atoms with Gasteiger partial charge in [-0.3, -0.25) is 4.90 Å². The summed E-state index contributed by atoms with van der Waals surface area (Å²) >= 11 is 0. The quantitative estimate of drug-likeness (QED) is 0.888. The molecule has 0 bridgehead atoms. The number of hydrogen-bond acceptors (Lipinski definition) is 5. The van der Waals surface area contributed by atoms with Crippen molar-refractivity contribution < 1.29 is 19.7 Å². The molecular formula is C19H21NO4. The first-order chi connectivity index (χ1) is 11.6. The van der Waals surface area contributed by atoms with E-state index in [-0.39, 0.29) is 17.5 Å². The van der Waals surface area contributed by atoms with E-state index >= 15 is 0 Å². The standard InChI is InChI=1S/C19H21NO4/c1-20-7-6-11-9-14(24-3)19(22)17-15(11)12(20)8-10-4-5-13(23-2)18(21)16(10)17/h4-5,9,12,21-22H,6-8H2,1-3H3. The number of rotatable bonds is 2. The molecule has 0 fully saturated rings. The smallest absolute Gasteiger partial charge is 0.166 e. The molecule has 5 heteroatoms. The maximum atomic E-state index is 10.8. The number of likely N-dealkylation sites (N-methyl/N-ethyl adjacent to an activating group) is 1. The zero-order chi connectivity index (χ0) is 17.0. The van der Waals surface area contributed by atoms with Crippen LogP contribution < -0.4 is 9.47 Å². The molecule has 5 nitrogen and oxygen atoms in total. The van der Waals surface area contributed by atoms with E-state index in [1.807, 2.05) is 12.1 Å². The Bertz CT molecular complexity index is 831. The molecular weight excluding hydrogens is 306 g/mol. The number of nitrogens with zero attached hydrogens (tertiary/aromatic N) is 1. The van der Waals surface area contributed by atoms with Crippen molar-refractivity contribution in [2.75, 3.05) is 27.8 Å². The van der Waals surface area contributed by atoms with E-state index in [0.29, 0.717) is 22.6 Å². The second kappa shape index (κ2) is 5.31. The van der Waals surface area contributed by atoms with E-state index in [1.54, 1.807) is 13.2 Å². The topological polar surface area (TPSA) is 62.2 Å². The lowest BCUT2D eigenvalue weighted by atomic mass is 9.76. The Kier molecular flexibility index (Phi) is 3.35.